The Morgan fingerprint density at radius 3 is 2.72 bits per heavy atom. The van der Waals surface area contributed by atoms with Gasteiger partial charge in [-0.3, -0.25) is 4.79 Å². The first-order chi connectivity index (χ1) is 8.39. The molecule has 3 N–H and O–H groups in total. The van der Waals surface area contributed by atoms with Crippen molar-refractivity contribution in [2.45, 2.75) is 12.5 Å². The average Bonchev–Trinajstić information content (AvgIpc) is 2.36. The van der Waals surface area contributed by atoms with E-state index >= 15 is 0 Å². The maximum Gasteiger partial charge on any atom is 0.251 e. The molecule has 5 nitrogen and oxygen atoms in total. The molecule has 18 heavy (non-hydrogen) atoms. The van der Waals surface area contributed by atoms with Crippen LogP contribution in [0, 0.1) is 5.82 Å². The summed E-state index contributed by atoms with van der Waals surface area (Å²) in [5.41, 5.74) is -1.29. The Kier molecular flexibility index (Phi) is 4.63. The molecule has 0 radical (unpaired) electrons. The number of methoxy groups -OCH3 is 1. The number of hydrogen-bond acceptors (Lipinski definition) is 4. The molecule has 0 bridgehead atoms. The lowest BCUT2D eigenvalue weighted by atomic mass is 10.1. The maximum atomic E-state index is 13.4. The highest BCUT2D eigenvalue weighted by atomic mass is 19.1. The van der Waals surface area contributed by atoms with Crippen molar-refractivity contribution in [1.82, 2.24) is 5.32 Å². The van der Waals surface area contributed by atoms with Gasteiger partial charge in [0.2, 0.25) is 0 Å². The second kappa shape index (κ2) is 5.79. The van der Waals surface area contributed by atoms with Crippen molar-refractivity contribution in [1.29, 1.82) is 0 Å². The summed E-state index contributed by atoms with van der Waals surface area (Å²) < 4.78 is 18.1. The normalized spacial score (nSPS) is 13.8. The number of aliphatic hydroxyl groups is 2. The molecule has 1 unspecified atom stereocenters. The van der Waals surface area contributed by atoms with Crippen molar-refractivity contribution in [3.05, 3.63) is 29.6 Å². The van der Waals surface area contributed by atoms with Crippen LogP contribution in [0.2, 0.25) is 0 Å². The van der Waals surface area contributed by atoms with Gasteiger partial charge in [-0.2, -0.15) is 0 Å². The lowest BCUT2D eigenvalue weighted by Gasteiger charge is -2.20. The van der Waals surface area contributed by atoms with Crippen LogP contribution in [0.25, 0.3) is 0 Å². The van der Waals surface area contributed by atoms with Crippen molar-refractivity contribution in [3.63, 3.8) is 0 Å². The number of nitrogens with one attached hydrogen (secondary N) is 1. The SMILES string of the molecule is COc1ccc(C(=O)NCC(C)(O)CO)cc1F. The van der Waals surface area contributed by atoms with E-state index in [0.29, 0.717) is 0 Å². The zero-order chi connectivity index (χ0) is 13.8. The Morgan fingerprint density at radius 1 is 1.56 bits per heavy atom. The van der Waals surface area contributed by atoms with Gasteiger partial charge in [0.25, 0.3) is 5.91 Å². The fourth-order valence-electron chi connectivity index (χ4n) is 1.24. The van der Waals surface area contributed by atoms with Gasteiger partial charge in [-0.15, -0.1) is 0 Å². The van der Waals surface area contributed by atoms with Crippen molar-refractivity contribution < 1.29 is 24.1 Å². The van der Waals surface area contributed by atoms with Gasteiger partial charge < -0.3 is 20.3 Å². The molecular weight excluding hydrogens is 241 g/mol. The number of aliphatic hydroxyl groups excluding tert-OH is 1. The number of carbonyl (C=O) groups is 1. The molecule has 1 rings (SSSR count). The Labute approximate surface area is 104 Å². The fraction of sp³-hybridized carbons (Fsp3) is 0.417. The largest absolute Gasteiger partial charge is 0.494 e. The highest BCUT2D eigenvalue weighted by Crippen LogP contribution is 2.17. The van der Waals surface area contributed by atoms with E-state index in [0.717, 1.165) is 6.07 Å². The summed E-state index contributed by atoms with van der Waals surface area (Å²) in [6, 6.07) is 3.79. The molecule has 100 valence electrons. The highest BCUT2D eigenvalue weighted by Gasteiger charge is 2.20. The average molecular weight is 257 g/mol. The number of ether oxygens (including phenoxy) is 1. The minimum Gasteiger partial charge on any atom is -0.494 e. The number of rotatable bonds is 5. The molecule has 0 heterocycles. The third kappa shape index (κ3) is 3.68. The molecule has 0 fully saturated rings. The highest BCUT2D eigenvalue weighted by molar-refractivity contribution is 5.94. The first kappa shape index (κ1) is 14.4. The fourth-order valence-corrected chi connectivity index (χ4v) is 1.24. The van der Waals surface area contributed by atoms with E-state index in [-0.39, 0.29) is 17.9 Å². The zero-order valence-electron chi connectivity index (χ0n) is 10.2. The van der Waals surface area contributed by atoms with Crippen molar-refractivity contribution in [3.8, 4) is 5.75 Å². The summed E-state index contributed by atoms with van der Waals surface area (Å²) in [4.78, 5) is 11.6. The summed E-state index contributed by atoms with van der Waals surface area (Å²) in [5.74, 6) is -1.13. The van der Waals surface area contributed by atoms with Crippen LogP contribution >= 0.6 is 0 Å². The van der Waals surface area contributed by atoms with Gasteiger partial charge in [-0.1, -0.05) is 0 Å². The molecule has 1 aromatic rings. The first-order valence-electron chi connectivity index (χ1n) is 5.34. The smallest absolute Gasteiger partial charge is 0.251 e. The van der Waals surface area contributed by atoms with E-state index in [1.807, 2.05) is 0 Å². The van der Waals surface area contributed by atoms with Crippen LogP contribution in [0.15, 0.2) is 18.2 Å². The molecule has 1 atom stereocenters. The third-order valence-electron chi connectivity index (χ3n) is 2.38. The molecule has 0 spiro atoms. The monoisotopic (exact) mass is 257 g/mol. The van der Waals surface area contributed by atoms with Crippen LogP contribution < -0.4 is 10.1 Å². The van der Waals surface area contributed by atoms with Gasteiger partial charge in [0.15, 0.2) is 11.6 Å². The van der Waals surface area contributed by atoms with E-state index in [4.69, 9.17) is 9.84 Å². The molecule has 0 aliphatic heterocycles. The molecule has 1 aromatic carbocycles. The lowest BCUT2D eigenvalue weighted by Crippen LogP contribution is -2.43. The van der Waals surface area contributed by atoms with E-state index < -0.39 is 23.9 Å². The molecule has 0 saturated heterocycles. The predicted molar refractivity (Wildman–Crippen MR) is 63.0 cm³/mol. The van der Waals surface area contributed by atoms with Gasteiger partial charge in [0, 0.05) is 12.1 Å². The van der Waals surface area contributed by atoms with E-state index in [2.05, 4.69) is 5.32 Å². The summed E-state index contributed by atoms with van der Waals surface area (Å²) in [6.45, 7) is 0.766. The van der Waals surface area contributed by atoms with Gasteiger partial charge in [-0.25, -0.2) is 4.39 Å². The maximum absolute atomic E-state index is 13.4. The summed E-state index contributed by atoms with van der Waals surface area (Å²) >= 11 is 0. The topological polar surface area (TPSA) is 78.8 Å². The Morgan fingerprint density at radius 2 is 2.22 bits per heavy atom. The third-order valence-corrected chi connectivity index (χ3v) is 2.38. The predicted octanol–water partition coefficient (Wildman–Crippen LogP) is 0.307. The second-order valence-electron chi connectivity index (χ2n) is 4.19. The van der Waals surface area contributed by atoms with Crippen LogP contribution in [0.5, 0.6) is 5.75 Å². The molecule has 1 amide bonds. The quantitative estimate of drug-likeness (QED) is 0.709. The van der Waals surface area contributed by atoms with Gasteiger partial charge in [0.1, 0.15) is 5.60 Å². The molecule has 0 aliphatic rings. The molecule has 0 aliphatic carbocycles. The van der Waals surface area contributed by atoms with Gasteiger partial charge in [0.05, 0.1) is 13.7 Å². The van der Waals surface area contributed by atoms with Crippen LogP contribution in [-0.2, 0) is 0 Å². The number of carbonyl (C=O) groups excluding carboxylic acids is 1. The number of amides is 1. The van der Waals surface area contributed by atoms with Crippen molar-refractivity contribution in [2.24, 2.45) is 0 Å². The molecule has 6 heteroatoms. The number of halogens is 1. The van der Waals surface area contributed by atoms with E-state index in [9.17, 15) is 14.3 Å². The summed E-state index contributed by atoms with van der Waals surface area (Å²) in [5, 5.41) is 20.7. The first-order valence-corrected chi connectivity index (χ1v) is 5.34. The minimum atomic E-state index is -1.40. The van der Waals surface area contributed by atoms with E-state index in [1.54, 1.807) is 0 Å². The molecule has 0 aromatic heterocycles. The van der Waals surface area contributed by atoms with Crippen LogP contribution in [0.3, 0.4) is 0 Å². The Bertz CT molecular complexity index is 434. The summed E-state index contributed by atoms with van der Waals surface area (Å²) in [7, 11) is 1.33. The standard InChI is InChI=1S/C12H16FNO4/c1-12(17,7-15)6-14-11(16)8-3-4-10(18-2)9(13)5-8/h3-5,15,17H,6-7H2,1-2H3,(H,14,16). The number of hydrogen-bond donors (Lipinski definition) is 3. The molecular formula is C12H16FNO4. The van der Waals surface area contributed by atoms with Crippen LogP contribution in [0.1, 0.15) is 17.3 Å². The Hall–Kier alpha value is -1.66. The lowest BCUT2D eigenvalue weighted by molar-refractivity contribution is 0.00320. The zero-order valence-corrected chi connectivity index (χ0v) is 10.2. The minimum absolute atomic E-state index is 0.0499. The second-order valence-corrected chi connectivity index (χ2v) is 4.19. The van der Waals surface area contributed by atoms with Crippen molar-refractivity contribution >= 4 is 5.91 Å². The van der Waals surface area contributed by atoms with Gasteiger partial charge >= 0.3 is 0 Å². The van der Waals surface area contributed by atoms with Crippen LogP contribution in [0.4, 0.5) is 4.39 Å². The number of benzene rings is 1. The van der Waals surface area contributed by atoms with Crippen LogP contribution in [-0.4, -0.2) is 42.0 Å². The van der Waals surface area contributed by atoms with Crippen molar-refractivity contribution in [2.75, 3.05) is 20.3 Å². The van der Waals surface area contributed by atoms with Gasteiger partial charge in [-0.05, 0) is 25.1 Å². The van der Waals surface area contributed by atoms with E-state index in [1.165, 1.54) is 26.2 Å². The Balaban J connectivity index is 2.71. The molecule has 0 saturated carbocycles. The summed E-state index contributed by atoms with van der Waals surface area (Å²) in [6.07, 6.45) is 0.